The molecule has 6 nitrogen and oxygen atoms in total. The maximum absolute atomic E-state index is 13.1. The minimum absolute atomic E-state index is 0.00333. The van der Waals surface area contributed by atoms with Crippen molar-refractivity contribution in [1.29, 1.82) is 0 Å². The molecule has 0 radical (unpaired) electrons. The maximum atomic E-state index is 13.1. The quantitative estimate of drug-likeness (QED) is 0.702. The number of aliphatic hydroxyl groups excluding tert-OH is 1. The molecule has 0 amide bonds. The number of aliphatic hydroxyl groups is 1. The van der Waals surface area contributed by atoms with Crippen LogP contribution in [0.2, 0.25) is 0 Å². The molecule has 7 heteroatoms. The van der Waals surface area contributed by atoms with Crippen LogP contribution in [0, 0.1) is 0 Å². The number of rotatable bonds is 8. The summed E-state index contributed by atoms with van der Waals surface area (Å²) in [6.45, 7) is 1.96. The fraction of sp³-hybridized carbons (Fsp3) is 0.350. The molecule has 2 aromatic carbocycles. The molecule has 0 aromatic heterocycles. The lowest BCUT2D eigenvalue weighted by atomic mass is 10.1. The van der Waals surface area contributed by atoms with Gasteiger partial charge in [0.05, 0.1) is 23.2 Å². The van der Waals surface area contributed by atoms with Crippen LogP contribution < -0.4 is 0 Å². The highest BCUT2D eigenvalue weighted by atomic mass is 32.2. The highest BCUT2D eigenvalue weighted by molar-refractivity contribution is 7.89. The Morgan fingerprint density at radius 3 is 2.33 bits per heavy atom. The molecule has 0 heterocycles. The summed E-state index contributed by atoms with van der Waals surface area (Å²) in [6, 6.07) is 14.6. The Kier molecular flexibility index (Phi) is 5.94. The van der Waals surface area contributed by atoms with Crippen molar-refractivity contribution in [3.05, 3.63) is 65.7 Å². The third kappa shape index (κ3) is 4.55. The van der Waals surface area contributed by atoms with E-state index in [1.165, 1.54) is 28.6 Å². The summed E-state index contributed by atoms with van der Waals surface area (Å²) in [5, 5.41) is 10.5. The second-order valence-corrected chi connectivity index (χ2v) is 8.37. The number of ether oxygens (including phenoxy) is 1. The van der Waals surface area contributed by atoms with Crippen molar-refractivity contribution in [3.63, 3.8) is 0 Å². The molecule has 1 aliphatic rings. The first kappa shape index (κ1) is 19.5. The molecule has 1 atom stereocenters. The van der Waals surface area contributed by atoms with Crippen LogP contribution in [0.15, 0.2) is 59.5 Å². The molecule has 0 spiro atoms. The minimum atomic E-state index is -3.77. The Morgan fingerprint density at radius 2 is 1.78 bits per heavy atom. The number of sulfonamides is 1. The Morgan fingerprint density at radius 1 is 1.15 bits per heavy atom. The van der Waals surface area contributed by atoms with Crippen molar-refractivity contribution in [2.24, 2.45) is 0 Å². The summed E-state index contributed by atoms with van der Waals surface area (Å²) in [4.78, 5) is 11.8. The van der Waals surface area contributed by atoms with Gasteiger partial charge in [0.1, 0.15) is 0 Å². The van der Waals surface area contributed by atoms with Crippen molar-refractivity contribution < 1.29 is 23.1 Å². The largest absolute Gasteiger partial charge is 0.462 e. The van der Waals surface area contributed by atoms with Gasteiger partial charge >= 0.3 is 5.97 Å². The third-order valence-electron chi connectivity index (χ3n) is 4.46. The molecule has 1 saturated carbocycles. The van der Waals surface area contributed by atoms with Crippen molar-refractivity contribution in [2.45, 2.75) is 36.8 Å². The molecule has 0 saturated heterocycles. The highest BCUT2D eigenvalue weighted by Gasteiger charge is 2.39. The lowest BCUT2D eigenvalue weighted by Gasteiger charge is -2.25. The van der Waals surface area contributed by atoms with E-state index in [1.807, 2.05) is 18.2 Å². The van der Waals surface area contributed by atoms with E-state index in [-0.39, 0.29) is 24.1 Å². The smallest absolute Gasteiger partial charge is 0.338 e. The second-order valence-electron chi connectivity index (χ2n) is 6.48. The summed E-state index contributed by atoms with van der Waals surface area (Å²) < 4.78 is 32.5. The van der Waals surface area contributed by atoms with Gasteiger partial charge in [-0.05, 0) is 49.6 Å². The molecule has 2 aromatic rings. The van der Waals surface area contributed by atoms with Crippen molar-refractivity contribution >= 4 is 16.0 Å². The first-order valence-corrected chi connectivity index (χ1v) is 10.4. The van der Waals surface area contributed by atoms with Crippen LogP contribution in [0.5, 0.6) is 0 Å². The zero-order valence-corrected chi connectivity index (χ0v) is 15.9. The number of esters is 1. The average molecular weight is 389 g/mol. The van der Waals surface area contributed by atoms with Gasteiger partial charge in [-0.1, -0.05) is 30.3 Å². The predicted octanol–water partition coefficient (Wildman–Crippen LogP) is 2.75. The van der Waals surface area contributed by atoms with Gasteiger partial charge in [-0.2, -0.15) is 4.31 Å². The SMILES string of the molecule is CCOC(=O)c1ccc(S(=O)(=O)N(CC(O)c2ccccc2)C2CC2)cc1. The Hall–Kier alpha value is -2.22. The second kappa shape index (κ2) is 8.21. The van der Waals surface area contributed by atoms with E-state index in [4.69, 9.17) is 4.74 Å². The lowest BCUT2D eigenvalue weighted by Crippen LogP contribution is -2.36. The number of carbonyl (C=O) groups excluding carboxylic acids is 1. The molecule has 0 aliphatic heterocycles. The Bertz CT molecular complexity index is 876. The van der Waals surface area contributed by atoms with Gasteiger partial charge in [-0.25, -0.2) is 13.2 Å². The molecule has 0 bridgehead atoms. The van der Waals surface area contributed by atoms with E-state index in [0.717, 1.165) is 12.8 Å². The topological polar surface area (TPSA) is 83.9 Å². The van der Waals surface area contributed by atoms with Gasteiger partial charge in [0, 0.05) is 12.6 Å². The fourth-order valence-electron chi connectivity index (χ4n) is 2.87. The maximum Gasteiger partial charge on any atom is 0.338 e. The molecule has 144 valence electrons. The van der Waals surface area contributed by atoms with Crippen LogP contribution in [0.3, 0.4) is 0 Å². The summed E-state index contributed by atoms with van der Waals surface area (Å²) in [6.07, 6.45) is 0.656. The summed E-state index contributed by atoms with van der Waals surface area (Å²) in [5.41, 5.74) is 0.981. The van der Waals surface area contributed by atoms with Gasteiger partial charge < -0.3 is 9.84 Å². The van der Waals surface area contributed by atoms with Crippen LogP contribution in [0.4, 0.5) is 0 Å². The van der Waals surface area contributed by atoms with Crippen LogP contribution in [0.25, 0.3) is 0 Å². The summed E-state index contributed by atoms with van der Waals surface area (Å²) in [5.74, 6) is -0.486. The molecular weight excluding hydrogens is 366 g/mol. The number of hydrogen-bond acceptors (Lipinski definition) is 5. The zero-order chi connectivity index (χ0) is 19.4. The van der Waals surface area contributed by atoms with Gasteiger partial charge in [0.25, 0.3) is 0 Å². The molecule has 1 aliphatic carbocycles. The Labute approximate surface area is 159 Å². The summed E-state index contributed by atoms with van der Waals surface area (Å²) in [7, 11) is -3.77. The van der Waals surface area contributed by atoms with Crippen molar-refractivity contribution in [2.75, 3.05) is 13.2 Å². The molecule has 27 heavy (non-hydrogen) atoms. The van der Waals surface area contributed by atoms with Gasteiger partial charge in [0.15, 0.2) is 0 Å². The van der Waals surface area contributed by atoms with Crippen LogP contribution in [-0.2, 0) is 14.8 Å². The van der Waals surface area contributed by atoms with E-state index in [1.54, 1.807) is 19.1 Å². The van der Waals surface area contributed by atoms with Crippen molar-refractivity contribution in [1.82, 2.24) is 4.31 Å². The van der Waals surface area contributed by atoms with Crippen molar-refractivity contribution in [3.8, 4) is 0 Å². The van der Waals surface area contributed by atoms with Crippen LogP contribution in [0.1, 0.15) is 41.8 Å². The van der Waals surface area contributed by atoms with Crippen LogP contribution >= 0.6 is 0 Å². The third-order valence-corrected chi connectivity index (χ3v) is 6.40. The van der Waals surface area contributed by atoms with E-state index in [0.29, 0.717) is 11.1 Å². The van der Waals surface area contributed by atoms with Gasteiger partial charge in [-0.3, -0.25) is 0 Å². The highest BCUT2D eigenvalue weighted by Crippen LogP contribution is 2.34. The first-order valence-electron chi connectivity index (χ1n) is 8.95. The van der Waals surface area contributed by atoms with E-state index in [2.05, 4.69) is 0 Å². The zero-order valence-electron chi connectivity index (χ0n) is 15.1. The molecule has 1 unspecified atom stereocenters. The van der Waals surface area contributed by atoms with Gasteiger partial charge in [-0.15, -0.1) is 0 Å². The molecule has 3 rings (SSSR count). The lowest BCUT2D eigenvalue weighted by molar-refractivity contribution is 0.0526. The van der Waals surface area contributed by atoms with Gasteiger partial charge in [0.2, 0.25) is 10.0 Å². The molecular formula is C20H23NO5S. The monoisotopic (exact) mass is 389 g/mol. The van der Waals surface area contributed by atoms with E-state index in [9.17, 15) is 18.3 Å². The summed E-state index contributed by atoms with van der Waals surface area (Å²) >= 11 is 0. The first-order chi connectivity index (χ1) is 12.9. The van der Waals surface area contributed by atoms with E-state index >= 15 is 0 Å². The molecule has 1 fully saturated rings. The Balaban J connectivity index is 1.81. The predicted molar refractivity (Wildman–Crippen MR) is 101 cm³/mol. The fourth-order valence-corrected chi connectivity index (χ4v) is 4.56. The number of hydrogen-bond donors (Lipinski definition) is 1. The number of carbonyl (C=O) groups is 1. The minimum Gasteiger partial charge on any atom is -0.462 e. The average Bonchev–Trinajstić information content (AvgIpc) is 3.51. The van der Waals surface area contributed by atoms with E-state index < -0.39 is 22.1 Å². The standard InChI is InChI=1S/C20H23NO5S/c1-2-26-20(23)16-8-12-18(13-9-16)27(24,25)21(17-10-11-17)14-19(22)15-6-4-3-5-7-15/h3-9,12-13,17,19,22H,2,10-11,14H2,1H3. The normalized spacial score (nSPS) is 15.5. The number of benzene rings is 2. The number of nitrogens with zero attached hydrogens (tertiary/aromatic N) is 1. The molecule has 1 N–H and O–H groups in total. The van der Waals surface area contributed by atoms with Crippen LogP contribution in [-0.4, -0.2) is 43.0 Å².